The van der Waals surface area contributed by atoms with Gasteiger partial charge in [-0.05, 0) is 26.0 Å². The van der Waals surface area contributed by atoms with Gasteiger partial charge in [0, 0.05) is 6.54 Å². The van der Waals surface area contributed by atoms with E-state index in [1.54, 1.807) is 30.9 Å². The summed E-state index contributed by atoms with van der Waals surface area (Å²) >= 11 is 0. The molecule has 0 radical (unpaired) electrons. The molecule has 4 nitrogen and oxygen atoms in total. The highest BCUT2D eigenvalue weighted by molar-refractivity contribution is 6.01. The first-order valence-corrected chi connectivity index (χ1v) is 5.42. The molecular weight excluding hydrogens is 223 g/mol. The minimum Gasteiger partial charge on any atom is -0.389 e. The lowest BCUT2D eigenvalue weighted by molar-refractivity contribution is -0.115. The zero-order chi connectivity index (χ0) is 12.6. The van der Waals surface area contributed by atoms with Crippen LogP contribution in [0.25, 0.3) is 0 Å². The number of hydrogen-bond donors (Lipinski definition) is 2. The molecule has 0 unspecified atom stereocenters. The molecule has 17 heavy (non-hydrogen) atoms. The maximum absolute atomic E-state index is 13.5. The lowest BCUT2D eigenvalue weighted by Gasteiger charge is -2.34. The molecule has 2 rings (SSSR count). The highest BCUT2D eigenvalue weighted by Crippen LogP contribution is 2.32. The standard InChI is InChI=1S/C12H15FN2O2/c1-12(2,17)7-15-6-10(16)14-11-8(13)4-3-5-9(11)15/h3-5,17H,6-7H2,1-2H3,(H,14,16). The number of amides is 1. The van der Waals surface area contributed by atoms with E-state index in [-0.39, 0.29) is 24.7 Å². The van der Waals surface area contributed by atoms with Gasteiger partial charge in [0.1, 0.15) is 11.5 Å². The minimum atomic E-state index is -0.943. The number of nitrogens with zero attached hydrogens (tertiary/aromatic N) is 1. The van der Waals surface area contributed by atoms with Gasteiger partial charge in [0.05, 0.1) is 17.8 Å². The first kappa shape index (κ1) is 11.9. The number of aliphatic hydroxyl groups is 1. The summed E-state index contributed by atoms with van der Waals surface area (Å²) in [5.41, 5.74) is -0.152. The number of β-amino-alcohol motifs (C(OH)–C–C–N with tert-alkyl or cyclic N) is 1. The van der Waals surface area contributed by atoms with E-state index in [9.17, 15) is 14.3 Å². The molecule has 1 amide bonds. The van der Waals surface area contributed by atoms with E-state index in [1.807, 2.05) is 0 Å². The van der Waals surface area contributed by atoms with Crippen molar-refractivity contribution in [3.8, 4) is 0 Å². The van der Waals surface area contributed by atoms with Gasteiger partial charge >= 0.3 is 0 Å². The number of hydrogen-bond acceptors (Lipinski definition) is 3. The second kappa shape index (κ2) is 4.00. The van der Waals surface area contributed by atoms with Crippen LogP contribution >= 0.6 is 0 Å². The van der Waals surface area contributed by atoms with Crippen molar-refractivity contribution in [2.45, 2.75) is 19.4 Å². The molecule has 0 saturated carbocycles. The van der Waals surface area contributed by atoms with Crippen LogP contribution in [0.5, 0.6) is 0 Å². The lowest BCUT2D eigenvalue weighted by Crippen LogP contribution is -2.45. The summed E-state index contributed by atoms with van der Waals surface area (Å²) in [5.74, 6) is -0.733. The quantitative estimate of drug-likeness (QED) is 0.817. The molecule has 2 N–H and O–H groups in total. The van der Waals surface area contributed by atoms with Gasteiger partial charge in [-0.3, -0.25) is 4.79 Å². The summed E-state index contributed by atoms with van der Waals surface area (Å²) in [7, 11) is 0. The van der Waals surface area contributed by atoms with Crippen LogP contribution in [-0.2, 0) is 4.79 Å². The summed E-state index contributed by atoms with van der Waals surface area (Å²) in [6, 6.07) is 4.61. The average molecular weight is 238 g/mol. The van der Waals surface area contributed by atoms with Gasteiger partial charge in [-0.25, -0.2) is 4.39 Å². The Bertz CT molecular complexity index is 454. The van der Waals surface area contributed by atoms with Crippen molar-refractivity contribution in [3.05, 3.63) is 24.0 Å². The molecule has 0 fully saturated rings. The molecule has 0 aliphatic carbocycles. The van der Waals surface area contributed by atoms with Crippen LogP contribution in [0.1, 0.15) is 13.8 Å². The average Bonchev–Trinajstić information content (AvgIpc) is 2.17. The summed E-state index contributed by atoms with van der Waals surface area (Å²) in [4.78, 5) is 13.2. The molecule has 0 spiro atoms. The van der Waals surface area contributed by atoms with Crippen LogP contribution in [-0.4, -0.2) is 29.7 Å². The van der Waals surface area contributed by atoms with Crippen LogP contribution in [0.3, 0.4) is 0 Å². The topological polar surface area (TPSA) is 52.6 Å². The van der Waals surface area contributed by atoms with E-state index in [2.05, 4.69) is 5.32 Å². The van der Waals surface area contributed by atoms with E-state index in [0.717, 1.165) is 0 Å². The summed E-state index contributed by atoms with van der Waals surface area (Å²) in [6.45, 7) is 3.70. The fourth-order valence-electron chi connectivity index (χ4n) is 1.95. The van der Waals surface area contributed by atoms with Crippen LogP contribution in [0.2, 0.25) is 0 Å². The SMILES string of the molecule is CC(C)(O)CN1CC(=O)Nc2c(F)cccc21. The number of para-hydroxylation sites is 1. The van der Waals surface area contributed by atoms with Crippen molar-refractivity contribution in [1.29, 1.82) is 0 Å². The number of benzene rings is 1. The summed E-state index contributed by atoms with van der Waals surface area (Å²) in [5, 5.41) is 12.3. The minimum absolute atomic E-state index is 0.125. The first-order chi connectivity index (χ1) is 7.87. The smallest absolute Gasteiger partial charge is 0.244 e. The molecule has 1 heterocycles. The Hall–Kier alpha value is -1.62. The van der Waals surface area contributed by atoms with Crippen LogP contribution in [0.4, 0.5) is 15.8 Å². The second-order valence-corrected chi connectivity index (χ2v) is 4.85. The predicted octanol–water partition coefficient (Wildman–Crippen LogP) is 1.36. The first-order valence-electron chi connectivity index (χ1n) is 5.42. The third kappa shape index (κ3) is 2.55. The Labute approximate surface area is 99.0 Å². The molecule has 0 aromatic heterocycles. The Balaban J connectivity index is 2.38. The number of rotatable bonds is 2. The third-order valence-electron chi connectivity index (χ3n) is 2.51. The van der Waals surface area contributed by atoms with Crippen LogP contribution in [0.15, 0.2) is 18.2 Å². The number of anilines is 2. The predicted molar refractivity (Wildman–Crippen MR) is 63.5 cm³/mol. The normalized spacial score (nSPS) is 15.5. The monoisotopic (exact) mass is 238 g/mol. The Morgan fingerprint density at radius 3 is 2.88 bits per heavy atom. The fourth-order valence-corrected chi connectivity index (χ4v) is 1.95. The van der Waals surface area contributed by atoms with Crippen molar-refractivity contribution in [2.24, 2.45) is 0 Å². The summed E-state index contributed by atoms with van der Waals surface area (Å²) in [6.07, 6.45) is 0. The van der Waals surface area contributed by atoms with Gasteiger partial charge in [0.15, 0.2) is 0 Å². The van der Waals surface area contributed by atoms with Gasteiger partial charge in [-0.2, -0.15) is 0 Å². The molecule has 0 bridgehead atoms. The van der Waals surface area contributed by atoms with E-state index in [1.165, 1.54) is 6.07 Å². The van der Waals surface area contributed by atoms with Gasteiger partial charge < -0.3 is 15.3 Å². The van der Waals surface area contributed by atoms with Crippen LogP contribution < -0.4 is 10.2 Å². The van der Waals surface area contributed by atoms with Gasteiger partial charge in [-0.1, -0.05) is 6.07 Å². The van der Waals surface area contributed by atoms with Crippen molar-refractivity contribution in [2.75, 3.05) is 23.3 Å². The number of carbonyl (C=O) groups excluding carboxylic acids is 1. The molecule has 92 valence electrons. The molecule has 1 aromatic carbocycles. The van der Waals surface area contributed by atoms with Crippen molar-refractivity contribution < 1.29 is 14.3 Å². The molecule has 1 aliphatic rings. The lowest BCUT2D eigenvalue weighted by atomic mass is 10.1. The zero-order valence-corrected chi connectivity index (χ0v) is 9.83. The highest BCUT2D eigenvalue weighted by atomic mass is 19.1. The Morgan fingerprint density at radius 2 is 2.24 bits per heavy atom. The van der Waals surface area contributed by atoms with Crippen LogP contribution in [0, 0.1) is 5.82 Å². The van der Waals surface area contributed by atoms with Crippen molar-refractivity contribution in [3.63, 3.8) is 0 Å². The third-order valence-corrected chi connectivity index (χ3v) is 2.51. The zero-order valence-electron chi connectivity index (χ0n) is 9.83. The number of halogens is 1. The fraction of sp³-hybridized carbons (Fsp3) is 0.417. The molecule has 1 aliphatic heterocycles. The molecule has 0 atom stereocenters. The molecule has 5 heteroatoms. The van der Waals surface area contributed by atoms with Crippen molar-refractivity contribution in [1.82, 2.24) is 0 Å². The van der Waals surface area contributed by atoms with Crippen molar-refractivity contribution >= 4 is 17.3 Å². The number of carbonyl (C=O) groups is 1. The van der Waals surface area contributed by atoms with Gasteiger partial charge in [0.2, 0.25) is 5.91 Å². The largest absolute Gasteiger partial charge is 0.389 e. The number of nitrogens with one attached hydrogen (secondary N) is 1. The summed E-state index contributed by atoms with van der Waals surface area (Å²) < 4.78 is 13.5. The van der Waals surface area contributed by atoms with E-state index in [4.69, 9.17) is 0 Å². The van der Waals surface area contributed by atoms with Gasteiger partial charge in [0.25, 0.3) is 0 Å². The van der Waals surface area contributed by atoms with E-state index >= 15 is 0 Å². The maximum Gasteiger partial charge on any atom is 0.244 e. The maximum atomic E-state index is 13.5. The van der Waals surface area contributed by atoms with E-state index in [0.29, 0.717) is 5.69 Å². The van der Waals surface area contributed by atoms with Gasteiger partial charge in [-0.15, -0.1) is 0 Å². The Morgan fingerprint density at radius 1 is 1.53 bits per heavy atom. The molecular formula is C12H15FN2O2. The number of fused-ring (bicyclic) bond motifs is 1. The van der Waals surface area contributed by atoms with E-state index < -0.39 is 11.4 Å². The Kier molecular flexibility index (Phi) is 2.79. The highest BCUT2D eigenvalue weighted by Gasteiger charge is 2.28. The second-order valence-electron chi connectivity index (χ2n) is 4.85. The molecule has 1 aromatic rings. The molecule has 0 saturated heterocycles.